The van der Waals surface area contributed by atoms with Crippen LogP contribution in [0.2, 0.25) is 0 Å². The first-order chi connectivity index (χ1) is 6.09. The predicted octanol–water partition coefficient (Wildman–Crippen LogP) is 1.78. The molecule has 0 spiro atoms. The van der Waals surface area contributed by atoms with Crippen molar-refractivity contribution >= 4 is 17.2 Å². The highest BCUT2D eigenvalue weighted by Crippen LogP contribution is 2.32. The highest BCUT2D eigenvalue weighted by Gasteiger charge is 2.22. The molecular weight excluding hydrogens is 180 g/mol. The summed E-state index contributed by atoms with van der Waals surface area (Å²) >= 11 is 4.89. The van der Waals surface area contributed by atoms with Crippen molar-refractivity contribution in [1.82, 2.24) is 4.90 Å². The molecular formula is C10H20N2S. The van der Waals surface area contributed by atoms with Gasteiger partial charge in [-0.3, -0.25) is 0 Å². The molecule has 1 aliphatic rings. The largest absolute Gasteiger partial charge is 0.393 e. The Morgan fingerprint density at radius 1 is 1.62 bits per heavy atom. The van der Waals surface area contributed by atoms with Crippen LogP contribution in [0.25, 0.3) is 0 Å². The van der Waals surface area contributed by atoms with E-state index in [-0.39, 0.29) is 0 Å². The Bertz CT molecular complexity index is 178. The zero-order chi connectivity index (χ0) is 9.84. The molecule has 13 heavy (non-hydrogen) atoms. The summed E-state index contributed by atoms with van der Waals surface area (Å²) in [5.74, 6) is 1.01. The third-order valence-electron chi connectivity index (χ3n) is 2.84. The Labute approximate surface area is 86.5 Å². The van der Waals surface area contributed by atoms with Gasteiger partial charge in [-0.25, -0.2) is 0 Å². The van der Waals surface area contributed by atoms with E-state index >= 15 is 0 Å². The van der Waals surface area contributed by atoms with Crippen LogP contribution in [0.1, 0.15) is 32.6 Å². The summed E-state index contributed by atoms with van der Waals surface area (Å²) in [7, 11) is 2.16. The minimum absolute atomic E-state index is 0.497. The smallest absolute Gasteiger partial charge is 0.0742 e. The van der Waals surface area contributed by atoms with Gasteiger partial charge in [-0.2, -0.15) is 0 Å². The molecule has 0 aliphatic heterocycles. The van der Waals surface area contributed by atoms with E-state index in [1.54, 1.807) is 0 Å². The summed E-state index contributed by atoms with van der Waals surface area (Å²) < 4.78 is 0. The standard InChI is InChI=1S/C10H20N2S/c1-8(7-10(11)13)12(2)6-5-9-3-4-9/h8-9H,3-7H2,1-2H3,(H2,11,13). The van der Waals surface area contributed by atoms with E-state index in [1.807, 2.05) is 0 Å². The fraction of sp³-hybridized carbons (Fsp3) is 0.900. The Morgan fingerprint density at radius 3 is 2.69 bits per heavy atom. The van der Waals surface area contributed by atoms with Gasteiger partial charge < -0.3 is 10.6 Å². The fourth-order valence-corrected chi connectivity index (χ4v) is 1.70. The third-order valence-corrected chi connectivity index (χ3v) is 3.00. The van der Waals surface area contributed by atoms with Gasteiger partial charge in [-0.1, -0.05) is 25.1 Å². The number of rotatable bonds is 6. The third kappa shape index (κ3) is 4.58. The van der Waals surface area contributed by atoms with Gasteiger partial charge in [0.25, 0.3) is 0 Å². The SMILES string of the molecule is CC(CC(N)=S)N(C)CCC1CC1. The first kappa shape index (κ1) is 10.9. The summed E-state index contributed by atoms with van der Waals surface area (Å²) in [6.07, 6.45) is 5.07. The highest BCUT2D eigenvalue weighted by molar-refractivity contribution is 7.80. The molecule has 76 valence electrons. The van der Waals surface area contributed by atoms with Crippen LogP contribution in [0, 0.1) is 5.92 Å². The normalized spacial score (nSPS) is 19.0. The Morgan fingerprint density at radius 2 is 2.23 bits per heavy atom. The summed E-state index contributed by atoms with van der Waals surface area (Å²) in [6.45, 7) is 3.38. The zero-order valence-corrected chi connectivity index (χ0v) is 9.44. The van der Waals surface area contributed by atoms with Crippen molar-refractivity contribution in [2.75, 3.05) is 13.6 Å². The maximum atomic E-state index is 5.50. The van der Waals surface area contributed by atoms with Crippen molar-refractivity contribution in [2.24, 2.45) is 11.7 Å². The maximum absolute atomic E-state index is 5.50. The van der Waals surface area contributed by atoms with Crippen LogP contribution >= 0.6 is 12.2 Å². The minimum atomic E-state index is 0.497. The van der Waals surface area contributed by atoms with Crippen LogP contribution in [-0.4, -0.2) is 29.5 Å². The second kappa shape index (κ2) is 4.91. The van der Waals surface area contributed by atoms with Crippen LogP contribution in [0.3, 0.4) is 0 Å². The van der Waals surface area contributed by atoms with Gasteiger partial charge in [0.15, 0.2) is 0 Å². The van der Waals surface area contributed by atoms with Gasteiger partial charge in [0, 0.05) is 12.5 Å². The molecule has 1 unspecified atom stereocenters. The van der Waals surface area contributed by atoms with Gasteiger partial charge in [-0.15, -0.1) is 0 Å². The number of nitrogens with two attached hydrogens (primary N) is 1. The van der Waals surface area contributed by atoms with Gasteiger partial charge in [0.2, 0.25) is 0 Å². The van der Waals surface area contributed by atoms with Crippen molar-refractivity contribution in [3.8, 4) is 0 Å². The Balaban J connectivity index is 2.11. The number of hydrogen-bond donors (Lipinski definition) is 1. The van der Waals surface area contributed by atoms with Crippen molar-refractivity contribution < 1.29 is 0 Å². The van der Waals surface area contributed by atoms with Crippen LogP contribution in [-0.2, 0) is 0 Å². The van der Waals surface area contributed by atoms with E-state index in [4.69, 9.17) is 18.0 Å². The van der Waals surface area contributed by atoms with Gasteiger partial charge in [0.05, 0.1) is 4.99 Å². The molecule has 0 aromatic carbocycles. The molecule has 1 aliphatic carbocycles. The van der Waals surface area contributed by atoms with Crippen molar-refractivity contribution in [1.29, 1.82) is 0 Å². The molecule has 2 N–H and O–H groups in total. The second-order valence-electron chi connectivity index (χ2n) is 4.23. The lowest BCUT2D eigenvalue weighted by Gasteiger charge is -2.24. The van der Waals surface area contributed by atoms with Crippen LogP contribution in [0.15, 0.2) is 0 Å². The fourth-order valence-electron chi connectivity index (χ4n) is 1.46. The number of hydrogen-bond acceptors (Lipinski definition) is 2. The quantitative estimate of drug-likeness (QED) is 0.663. The molecule has 2 nitrogen and oxygen atoms in total. The Kier molecular flexibility index (Phi) is 4.13. The first-order valence-corrected chi connectivity index (χ1v) is 5.49. The average molecular weight is 200 g/mol. The highest BCUT2D eigenvalue weighted by atomic mass is 32.1. The van der Waals surface area contributed by atoms with E-state index in [2.05, 4.69) is 18.9 Å². The molecule has 0 heterocycles. The second-order valence-corrected chi connectivity index (χ2v) is 4.76. The lowest BCUT2D eigenvalue weighted by molar-refractivity contribution is 0.255. The van der Waals surface area contributed by atoms with Crippen LogP contribution in [0.5, 0.6) is 0 Å². The monoisotopic (exact) mass is 200 g/mol. The first-order valence-electron chi connectivity index (χ1n) is 5.08. The number of thiocarbonyl (C=S) groups is 1. The van der Waals surface area contributed by atoms with Crippen LogP contribution in [0.4, 0.5) is 0 Å². The summed E-state index contributed by atoms with van der Waals surface area (Å²) in [4.78, 5) is 2.99. The summed E-state index contributed by atoms with van der Waals surface area (Å²) in [6, 6.07) is 0.497. The average Bonchev–Trinajstić information content (AvgIpc) is 2.81. The summed E-state index contributed by atoms with van der Waals surface area (Å²) in [5.41, 5.74) is 5.50. The maximum Gasteiger partial charge on any atom is 0.0742 e. The van der Waals surface area contributed by atoms with E-state index in [1.165, 1.54) is 25.8 Å². The van der Waals surface area contributed by atoms with Gasteiger partial charge >= 0.3 is 0 Å². The van der Waals surface area contributed by atoms with Crippen LogP contribution < -0.4 is 5.73 Å². The molecule has 0 bridgehead atoms. The zero-order valence-electron chi connectivity index (χ0n) is 8.62. The molecule has 1 saturated carbocycles. The van der Waals surface area contributed by atoms with Crippen molar-refractivity contribution in [3.05, 3.63) is 0 Å². The minimum Gasteiger partial charge on any atom is -0.393 e. The molecule has 1 atom stereocenters. The number of nitrogens with zero attached hydrogens (tertiary/aromatic N) is 1. The van der Waals surface area contributed by atoms with Gasteiger partial charge in [-0.05, 0) is 32.9 Å². The van der Waals surface area contributed by atoms with Crippen molar-refractivity contribution in [2.45, 2.75) is 38.6 Å². The molecule has 3 heteroatoms. The van der Waals surface area contributed by atoms with Gasteiger partial charge in [0.1, 0.15) is 0 Å². The van der Waals surface area contributed by atoms with E-state index in [0.717, 1.165) is 12.3 Å². The molecule has 1 rings (SSSR count). The van der Waals surface area contributed by atoms with Crippen molar-refractivity contribution in [3.63, 3.8) is 0 Å². The van der Waals surface area contributed by atoms with E-state index in [9.17, 15) is 0 Å². The van der Waals surface area contributed by atoms with E-state index in [0.29, 0.717) is 11.0 Å². The predicted molar refractivity (Wildman–Crippen MR) is 60.8 cm³/mol. The summed E-state index contributed by atoms with van der Waals surface area (Å²) in [5, 5.41) is 0. The lowest BCUT2D eigenvalue weighted by Crippen LogP contribution is -2.33. The lowest BCUT2D eigenvalue weighted by atomic mass is 10.2. The molecule has 0 aromatic heterocycles. The molecule has 0 amide bonds. The molecule has 0 radical (unpaired) electrons. The topological polar surface area (TPSA) is 29.3 Å². The molecule has 0 aromatic rings. The van der Waals surface area contributed by atoms with E-state index < -0.39 is 0 Å². The molecule has 0 saturated heterocycles. The molecule has 1 fully saturated rings. The Hall–Kier alpha value is -0.150.